The minimum Gasteiger partial charge on any atom is -0.317 e. The highest BCUT2D eigenvalue weighted by molar-refractivity contribution is 7.84. The molecule has 16 heavy (non-hydrogen) atoms. The summed E-state index contributed by atoms with van der Waals surface area (Å²) in [5.74, 6) is 0.811. The molecule has 2 nitrogen and oxygen atoms in total. The van der Waals surface area contributed by atoms with Gasteiger partial charge in [-0.1, -0.05) is 30.3 Å². The van der Waals surface area contributed by atoms with Crippen LogP contribution in [-0.2, 0) is 17.2 Å². The lowest BCUT2D eigenvalue weighted by molar-refractivity contribution is 0.636. The van der Waals surface area contributed by atoms with E-state index in [2.05, 4.69) is 29.6 Å². The first-order valence-electron chi connectivity index (χ1n) is 5.83. The van der Waals surface area contributed by atoms with Crippen molar-refractivity contribution in [2.24, 2.45) is 0 Å². The van der Waals surface area contributed by atoms with Crippen LogP contribution in [0, 0.1) is 0 Å². The zero-order valence-electron chi connectivity index (χ0n) is 9.95. The number of benzene rings is 1. The molecule has 0 aliphatic heterocycles. The van der Waals surface area contributed by atoms with Gasteiger partial charge in [-0.15, -0.1) is 0 Å². The molecule has 0 aromatic heterocycles. The van der Waals surface area contributed by atoms with Crippen LogP contribution in [-0.4, -0.2) is 29.3 Å². The quantitative estimate of drug-likeness (QED) is 0.703. The Morgan fingerprint density at radius 1 is 1.12 bits per heavy atom. The summed E-state index contributed by atoms with van der Waals surface area (Å²) in [5.41, 5.74) is 1.40. The van der Waals surface area contributed by atoms with Gasteiger partial charge in [0.1, 0.15) is 0 Å². The largest absolute Gasteiger partial charge is 0.317 e. The molecule has 0 heterocycles. The van der Waals surface area contributed by atoms with Crippen LogP contribution in [0.4, 0.5) is 0 Å². The van der Waals surface area contributed by atoms with Crippen molar-refractivity contribution >= 4 is 10.8 Å². The summed E-state index contributed by atoms with van der Waals surface area (Å²) in [6.45, 7) is 2.03. The van der Waals surface area contributed by atoms with E-state index in [1.807, 2.05) is 6.07 Å². The molecule has 3 heteroatoms. The van der Waals surface area contributed by atoms with Crippen molar-refractivity contribution in [2.45, 2.75) is 19.3 Å². The monoisotopic (exact) mass is 239 g/mol. The molecule has 1 unspecified atom stereocenters. The van der Waals surface area contributed by atoms with Gasteiger partial charge in [-0.25, -0.2) is 0 Å². The topological polar surface area (TPSA) is 29.1 Å². The van der Waals surface area contributed by atoms with Gasteiger partial charge in [-0.2, -0.15) is 0 Å². The average Bonchev–Trinajstić information content (AvgIpc) is 2.29. The Labute approximate surface area is 101 Å². The van der Waals surface area contributed by atoms with E-state index in [-0.39, 0.29) is 0 Å². The average molecular weight is 239 g/mol. The van der Waals surface area contributed by atoms with Gasteiger partial charge in [0.15, 0.2) is 0 Å². The van der Waals surface area contributed by atoms with Crippen LogP contribution in [0.25, 0.3) is 0 Å². The number of hydrogen-bond acceptors (Lipinski definition) is 2. The molecule has 0 fully saturated rings. The second kappa shape index (κ2) is 8.48. The SMILES string of the molecule is CS(=O)CCCNCCCc1ccccc1. The van der Waals surface area contributed by atoms with E-state index in [9.17, 15) is 4.21 Å². The molecule has 0 aliphatic rings. The molecule has 0 amide bonds. The lowest BCUT2D eigenvalue weighted by Crippen LogP contribution is -2.18. The van der Waals surface area contributed by atoms with Gasteiger partial charge < -0.3 is 5.32 Å². The van der Waals surface area contributed by atoms with Gasteiger partial charge in [0.2, 0.25) is 0 Å². The molecular formula is C13H21NOS. The van der Waals surface area contributed by atoms with Crippen molar-refractivity contribution in [3.63, 3.8) is 0 Å². The summed E-state index contributed by atoms with van der Waals surface area (Å²) in [5, 5.41) is 3.38. The molecule has 1 N–H and O–H groups in total. The maximum Gasteiger partial charge on any atom is 0.0244 e. The van der Waals surface area contributed by atoms with E-state index in [1.54, 1.807) is 6.26 Å². The standard InChI is InChI=1S/C13H21NOS/c1-16(15)12-6-11-14-10-5-9-13-7-3-2-4-8-13/h2-4,7-8,14H,5-6,9-12H2,1H3. The molecule has 1 aromatic carbocycles. The number of rotatable bonds is 8. The Kier molecular flexibility index (Phi) is 7.10. The first-order valence-corrected chi connectivity index (χ1v) is 7.56. The summed E-state index contributed by atoms with van der Waals surface area (Å²) in [6.07, 6.45) is 5.07. The number of nitrogens with one attached hydrogen (secondary N) is 1. The van der Waals surface area contributed by atoms with Gasteiger partial charge in [0.25, 0.3) is 0 Å². The van der Waals surface area contributed by atoms with E-state index >= 15 is 0 Å². The number of aryl methyl sites for hydroxylation is 1. The van der Waals surface area contributed by atoms with Crippen molar-refractivity contribution in [3.05, 3.63) is 35.9 Å². The number of hydrogen-bond donors (Lipinski definition) is 1. The fraction of sp³-hybridized carbons (Fsp3) is 0.538. The summed E-state index contributed by atoms with van der Waals surface area (Å²) in [7, 11) is -0.642. The normalized spacial score (nSPS) is 12.6. The Morgan fingerprint density at radius 3 is 2.50 bits per heavy atom. The molecule has 0 saturated heterocycles. The third-order valence-corrected chi connectivity index (χ3v) is 3.31. The van der Waals surface area contributed by atoms with Crippen molar-refractivity contribution < 1.29 is 4.21 Å². The van der Waals surface area contributed by atoms with E-state index in [0.29, 0.717) is 0 Å². The van der Waals surface area contributed by atoms with Gasteiger partial charge >= 0.3 is 0 Å². The summed E-state index contributed by atoms with van der Waals surface area (Å²) in [4.78, 5) is 0. The third kappa shape index (κ3) is 6.75. The van der Waals surface area contributed by atoms with Crippen LogP contribution in [0.5, 0.6) is 0 Å². The molecule has 1 atom stereocenters. The van der Waals surface area contributed by atoms with Gasteiger partial charge in [-0.3, -0.25) is 4.21 Å². The second-order valence-corrected chi connectivity index (χ2v) is 5.52. The summed E-state index contributed by atoms with van der Waals surface area (Å²) in [6, 6.07) is 10.5. The first-order chi connectivity index (χ1) is 7.79. The van der Waals surface area contributed by atoms with Crippen molar-refractivity contribution in [3.8, 4) is 0 Å². The lowest BCUT2D eigenvalue weighted by Gasteiger charge is -2.04. The minimum atomic E-state index is -0.642. The second-order valence-electron chi connectivity index (χ2n) is 3.97. The minimum absolute atomic E-state index is 0.642. The Morgan fingerprint density at radius 2 is 1.81 bits per heavy atom. The maximum absolute atomic E-state index is 10.8. The van der Waals surface area contributed by atoms with Crippen LogP contribution in [0.15, 0.2) is 30.3 Å². The van der Waals surface area contributed by atoms with E-state index in [4.69, 9.17) is 0 Å². The molecular weight excluding hydrogens is 218 g/mol. The van der Waals surface area contributed by atoms with Gasteiger partial charge in [0.05, 0.1) is 0 Å². The molecule has 90 valence electrons. The smallest absolute Gasteiger partial charge is 0.0244 e. The Hall–Kier alpha value is -0.670. The summed E-state index contributed by atoms with van der Waals surface area (Å²) < 4.78 is 10.8. The molecule has 1 rings (SSSR count). The predicted octanol–water partition coefficient (Wildman–Crippen LogP) is 1.98. The summed E-state index contributed by atoms with van der Waals surface area (Å²) >= 11 is 0. The van der Waals surface area contributed by atoms with Crippen LogP contribution in [0.2, 0.25) is 0 Å². The zero-order chi connectivity index (χ0) is 11.6. The molecule has 0 saturated carbocycles. The first kappa shape index (κ1) is 13.4. The van der Waals surface area contributed by atoms with Crippen LogP contribution in [0.1, 0.15) is 18.4 Å². The highest BCUT2D eigenvalue weighted by Crippen LogP contribution is 2.01. The molecule has 0 bridgehead atoms. The molecule has 0 radical (unpaired) electrons. The highest BCUT2D eigenvalue weighted by Gasteiger charge is 1.93. The Balaban J connectivity index is 1.94. The fourth-order valence-electron chi connectivity index (χ4n) is 1.59. The highest BCUT2D eigenvalue weighted by atomic mass is 32.2. The van der Waals surface area contributed by atoms with Crippen LogP contribution < -0.4 is 5.32 Å². The lowest BCUT2D eigenvalue weighted by atomic mass is 10.1. The van der Waals surface area contributed by atoms with Crippen molar-refractivity contribution in [2.75, 3.05) is 25.1 Å². The van der Waals surface area contributed by atoms with Gasteiger partial charge in [0, 0.05) is 22.8 Å². The molecule has 0 aliphatic carbocycles. The van der Waals surface area contributed by atoms with Crippen molar-refractivity contribution in [1.82, 2.24) is 5.32 Å². The fourth-order valence-corrected chi connectivity index (χ4v) is 2.14. The zero-order valence-corrected chi connectivity index (χ0v) is 10.8. The van der Waals surface area contributed by atoms with E-state index < -0.39 is 10.8 Å². The van der Waals surface area contributed by atoms with Crippen molar-refractivity contribution in [1.29, 1.82) is 0 Å². The maximum atomic E-state index is 10.8. The van der Waals surface area contributed by atoms with Gasteiger partial charge in [-0.05, 0) is 37.9 Å². The van der Waals surface area contributed by atoms with Crippen LogP contribution in [0.3, 0.4) is 0 Å². The van der Waals surface area contributed by atoms with E-state index in [1.165, 1.54) is 12.0 Å². The van der Waals surface area contributed by atoms with E-state index in [0.717, 1.165) is 31.7 Å². The third-order valence-electron chi connectivity index (χ3n) is 2.45. The predicted molar refractivity (Wildman–Crippen MR) is 71.2 cm³/mol. The van der Waals surface area contributed by atoms with Crippen LogP contribution >= 0.6 is 0 Å². The molecule has 0 spiro atoms. The molecule has 1 aromatic rings. The Bertz CT molecular complexity index is 300.